The summed E-state index contributed by atoms with van der Waals surface area (Å²) >= 11 is 3.48. The maximum atomic E-state index is 4.69. The largest absolute Gasteiger partial charge is 0.310 e. The molecule has 0 aromatic carbocycles. The molecule has 0 saturated carbocycles. The zero-order chi connectivity index (χ0) is 14.1. The summed E-state index contributed by atoms with van der Waals surface area (Å²) in [6.45, 7) is 7.28. The lowest BCUT2D eigenvalue weighted by molar-refractivity contribution is 0.591. The van der Waals surface area contributed by atoms with Crippen LogP contribution >= 0.6 is 22.7 Å². The third-order valence-electron chi connectivity index (χ3n) is 3.11. The molecule has 0 spiro atoms. The van der Waals surface area contributed by atoms with E-state index in [4.69, 9.17) is 4.98 Å². The molecule has 0 aliphatic heterocycles. The molecule has 0 radical (unpaired) electrons. The second-order valence-electron chi connectivity index (χ2n) is 5.09. The van der Waals surface area contributed by atoms with Crippen LogP contribution in [0, 0.1) is 6.92 Å². The standard InChI is InChI=1S/C15H17N3S2/c1-9(2)16-8-14-10(3)18-15(20-14)11-6-13-12(17-7-11)4-5-19-13/h4-7,9,16H,8H2,1-3H3. The van der Waals surface area contributed by atoms with E-state index in [1.54, 1.807) is 22.7 Å². The molecule has 3 aromatic heterocycles. The predicted molar refractivity (Wildman–Crippen MR) is 87.4 cm³/mol. The minimum atomic E-state index is 0.490. The molecule has 0 aliphatic rings. The lowest BCUT2D eigenvalue weighted by Crippen LogP contribution is -2.21. The molecule has 0 fully saturated rings. The van der Waals surface area contributed by atoms with Crippen LogP contribution in [0.2, 0.25) is 0 Å². The lowest BCUT2D eigenvalue weighted by Gasteiger charge is -2.05. The lowest BCUT2D eigenvalue weighted by atomic mass is 10.3. The number of thiazole rings is 1. The molecule has 0 amide bonds. The third-order valence-corrected chi connectivity index (χ3v) is 5.17. The van der Waals surface area contributed by atoms with Crippen molar-refractivity contribution in [1.82, 2.24) is 15.3 Å². The van der Waals surface area contributed by atoms with Crippen LogP contribution in [0.25, 0.3) is 20.8 Å². The number of aryl methyl sites for hydroxylation is 1. The van der Waals surface area contributed by atoms with Crippen LogP contribution in [0.5, 0.6) is 0 Å². The zero-order valence-corrected chi connectivity index (χ0v) is 13.4. The van der Waals surface area contributed by atoms with Crippen molar-refractivity contribution in [1.29, 1.82) is 0 Å². The number of aromatic nitrogens is 2. The van der Waals surface area contributed by atoms with Crippen LogP contribution < -0.4 is 5.32 Å². The number of thiophene rings is 1. The predicted octanol–water partition coefficient (Wildman–Crippen LogP) is 4.23. The first-order valence-electron chi connectivity index (χ1n) is 6.67. The van der Waals surface area contributed by atoms with Gasteiger partial charge in [0.25, 0.3) is 0 Å². The van der Waals surface area contributed by atoms with E-state index in [1.807, 2.05) is 6.20 Å². The number of nitrogens with one attached hydrogen (secondary N) is 1. The molecule has 0 atom stereocenters. The fraction of sp³-hybridized carbons (Fsp3) is 0.333. The van der Waals surface area contributed by atoms with Crippen molar-refractivity contribution < 1.29 is 0 Å². The van der Waals surface area contributed by atoms with E-state index >= 15 is 0 Å². The molecule has 3 nitrogen and oxygen atoms in total. The first kappa shape index (κ1) is 13.7. The van der Waals surface area contributed by atoms with Gasteiger partial charge in [-0.1, -0.05) is 13.8 Å². The average Bonchev–Trinajstić information content (AvgIpc) is 3.01. The van der Waals surface area contributed by atoms with Crippen LogP contribution in [0.3, 0.4) is 0 Å². The van der Waals surface area contributed by atoms with E-state index < -0.39 is 0 Å². The number of pyridine rings is 1. The van der Waals surface area contributed by atoms with Crippen molar-refractivity contribution in [2.45, 2.75) is 33.4 Å². The van der Waals surface area contributed by atoms with Gasteiger partial charge in [-0.25, -0.2) is 4.98 Å². The molecule has 0 saturated heterocycles. The average molecular weight is 303 g/mol. The van der Waals surface area contributed by atoms with Gasteiger partial charge < -0.3 is 5.32 Å². The summed E-state index contributed by atoms with van der Waals surface area (Å²) in [6.07, 6.45) is 1.92. The number of hydrogen-bond donors (Lipinski definition) is 1. The summed E-state index contributed by atoms with van der Waals surface area (Å²) in [7, 11) is 0. The molecule has 104 valence electrons. The van der Waals surface area contributed by atoms with Gasteiger partial charge >= 0.3 is 0 Å². The molecule has 0 aliphatic carbocycles. The Balaban J connectivity index is 1.91. The van der Waals surface area contributed by atoms with Gasteiger partial charge in [-0.05, 0) is 24.4 Å². The number of fused-ring (bicyclic) bond motifs is 1. The van der Waals surface area contributed by atoms with Crippen LogP contribution in [0.15, 0.2) is 23.7 Å². The Bertz CT molecular complexity index is 728. The fourth-order valence-electron chi connectivity index (χ4n) is 1.98. The van der Waals surface area contributed by atoms with Gasteiger partial charge in [-0.2, -0.15) is 0 Å². The summed E-state index contributed by atoms with van der Waals surface area (Å²) in [4.78, 5) is 10.5. The highest BCUT2D eigenvalue weighted by Gasteiger charge is 2.11. The van der Waals surface area contributed by atoms with E-state index in [2.05, 4.69) is 48.6 Å². The van der Waals surface area contributed by atoms with E-state index in [9.17, 15) is 0 Å². The van der Waals surface area contributed by atoms with Gasteiger partial charge in [-0.3, -0.25) is 4.98 Å². The molecule has 0 bridgehead atoms. The van der Waals surface area contributed by atoms with Crippen LogP contribution in [0.1, 0.15) is 24.4 Å². The van der Waals surface area contributed by atoms with Crippen LogP contribution in [0.4, 0.5) is 0 Å². The van der Waals surface area contributed by atoms with Gasteiger partial charge in [0.15, 0.2) is 0 Å². The normalized spacial score (nSPS) is 11.6. The number of nitrogens with zero attached hydrogens (tertiary/aromatic N) is 2. The molecular weight excluding hydrogens is 286 g/mol. The highest BCUT2D eigenvalue weighted by molar-refractivity contribution is 7.17. The summed E-state index contributed by atoms with van der Waals surface area (Å²) in [5, 5.41) is 6.59. The Hall–Kier alpha value is -1.30. The van der Waals surface area contributed by atoms with E-state index in [0.717, 1.165) is 28.3 Å². The fourth-order valence-corrected chi connectivity index (χ4v) is 3.75. The summed E-state index contributed by atoms with van der Waals surface area (Å²) in [5.74, 6) is 0. The number of hydrogen-bond acceptors (Lipinski definition) is 5. The van der Waals surface area contributed by atoms with Crippen LogP contribution in [-0.4, -0.2) is 16.0 Å². The van der Waals surface area contributed by atoms with Crippen LogP contribution in [-0.2, 0) is 6.54 Å². The highest BCUT2D eigenvalue weighted by atomic mass is 32.1. The molecule has 3 rings (SSSR count). The van der Waals surface area contributed by atoms with Crippen molar-refractivity contribution >= 4 is 32.9 Å². The first-order valence-corrected chi connectivity index (χ1v) is 8.36. The van der Waals surface area contributed by atoms with Gasteiger partial charge in [0.2, 0.25) is 0 Å². The zero-order valence-electron chi connectivity index (χ0n) is 11.8. The molecular formula is C15H17N3S2. The minimum Gasteiger partial charge on any atom is -0.310 e. The third kappa shape index (κ3) is 2.75. The smallest absolute Gasteiger partial charge is 0.125 e. The van der Waals surface area contributed by atoms with Gasteiger partial charge in [0, 0.05) is 29.2 Å². The maximum absolute atomic E-state index is 4.69. The van der Waals surface area contributed by atoms with E-state index in [1.165, 1.54) is 9.58 Å². The van der Waals surface area contributed by atoms with Gasteiger partial charge in [0.05, 0.1) is 15.9 Å². The van der Waals surface area contributed by atoms with Gasteiger partial charge in [-0.15, -0.1) is 22.7 Å². The molecule has 3 aromatic rings. The van der Waals surface area contributed by atoms with Crippen molar-refractivity contribution in [2.75, 3.05) is 0 Å². The molecule has 3 heterocycles. The quantitative estimate of drug-likeness (QED) is 0.784. The van der Waals surface area contributed by atoms with Crippen molar-refractivity contribution in [3.63, 3.8) is 0 Å². The highest BCUT2D eigenvalue weighted by Crippen LogP contribution is 2.30. The molecule has 5 heteroatoms. The topological polar surface area (TPSA) is 37.8 Å². The Morgan fingerprint density at radius 2 is 2.20 bits per heavy atom. The second-order valence-corrected chi connectivity index (χ2v) is 7.12. The summed E-state index contributed by atoms with van der Waals surface area (Å²) < 4.78 is 1.22. The van der Waals surface area contributed by atoms with Crippen molar-refractivity contribution in [3.05, 3.63) is 34.3 Å². The summed E-state index contributed by atoms with van der Waals surface area (Å²) in [6, 6.07) is 4.73. The molecule has 1 N–H and O–H groups in total. The van der Waals surface area contributed by atoms with Crippen molar-refractivity contribution in [2.24, 2.45) is 0 Å². The van der Waals surface area contributed by atoms with E-state index in [0.29, 0.717) is 6.04 Å². The summed E-state index contributed by atoms with van der Waals surface area (Å²) in [5.41, 5.74) is 3.29. The Morgan fingerprint density at radius 1 is 1.35 bits per heavy atom. The SMILES string of the molecule is Cc1nc(-c2cnc3ccsc3c2)sc1CNC(C)C. The van der Waals surface area contributed by atoms with Crippen molar-refractivity contribution in [3.8, 4) is 10.6 Å². The second kappa shape index (κ2) is 5.60. The monoisotopic (exact) mass is 303 g/mol. The Labute approximate surface area is 126 Å². The Kier molecular flexibility index (Phi) is 3.83. The first-order chi connectivity index (χ1) is 9.63. The maximum Gasteiger partial charge on any atom is 0.125 e. The van der Waals surface area contributed by atoms with Gasteiger partial charge in [0.1, 0.15) is 5.01 Å². The van der Waals surface area contributed by atoms with E-state index in [-0.39, 0.29) is 0 Å². The molecule has 20 heavy (non-hydrogen) atoms. The number of rotatable bonds is 4. The molecule has 0 unspecified atom stereocenters. The Morgan fingerprint density at radius 3 is 3.00 bits per heavy atom. The minimum absolute atomic E-state index is 0.490.